The fourth-order valence-electron chi connectivity index (χ4n) is 2.62. The molecular weight excluding hydrogens is 288 g/mol. The van der Waals surface area contributed by atoms with Gasteiger partial charge in [0.15, 0.2) is 0 Å². The van der Waals surface area contributed by atoms with Gasteiger partial charge in [-0.3, -0.25) is 0 Å². The molecule has 0 bridgehead atoms. The molecule has 2 unspecified atom stereocenters. The molecule has 0 spiro atoms. The molecule has 0 aromatic heterocycles. The van der Waals surface area contributed by atoms with Crippen LogP contribution < -0.4 is 10.0 Å². The van der Waals surface area contributed by atoms with E-state index in [1.807, 2.05) is 38.2 Å². The Balaban J connectivity index is 1.98. The maximum Gasteiger partial charge on any atom is 0.216 e. The minimum absolute atomic E-state index is 0.0163. The second-order valence-electron chi connectivity index (χ2n) is 5.64. The lowest BCUT2D eigenvalue weighted by Gasteiger charge is -2.19. The van der Waals surface area contributed by atoms with Crippen molar-refractivity contribution in [2.24, 2.45) is 5.92 Å². The smallest absolute Gasteiger partial charge is 0.216 e. The van der Waals surface area contributed by atoms with Gasteiger partial charge < -0.3 is 10.1 Å². The summed E-state index contributed by atoms with van der Waals surface area (Å²) in [5.41, 5.74) is 1.90. The maximum absolute atomic E-state index is 12.3. The Morgan fingerprint density at radius 3 is 2.81 bits per heavy atom. The third-order valence-corrected chi connectivity index (χ3v) is 5.21. The average molecular weight is 312 g/mol. The van der Waals surface area contributed by atoms with Crippen molar-refractivity contribution in [2.75, 3.05) is 20.3 Å². The van der Waals surface area contributed by atoms with Gasteiger partial charge in [0.1, 0.15) is 0 Å². The number of hydrogen-bond donors (Lipinski definition) is 2. The van der Waals surface area contributed by atoms with E-state index >= 15 is 0 Å². The summed E-state index contributed by atoms with van der Waals surface area (Å²) >= 11 is 0. The van der Waals surface area contributed by atoms with Crippen molar-refractivity contribution < 1.29 is 13.2 Å². The number of ether oxygens (including phenoxy) is 1. The highest BCUT2D eigenvalue weighted by atomic mass is 32.2. The summed E-state index contributed by atoms with van der Waals surface area (Å²) in [4.78, 5) is 0. The van der Waals surface area contributed by atoms with Gasteiger partial charge in [-0.1, -0.05) is 24.3 Å². The molecule has 118 valence electrons. The normalized spacial score (nSPS) is 20.6. The quantitative estimate of drug-likeness (QED) is 0.795. The average Bonchev–Trinajstić information content (AvgIpc) is 2.92. The third-order valence-electron chi connectivity index (χ3n) is 3.77. The zero-order valence-corrected chi connectivity index (χ0v) is 13.4. The summed E-state index contributed by atoms with van der Waals surface area (Å²) in [6, 6.07) is 7.57. The lowest BCUT2D eigenvalue weighted by atomic mass is 10.0. The molecule has 2 atom stereocenters. The van der Waals surface area contributed by atoms with E-state index in [-0.39, 0.29) is 17.7 Å². The van der Waals surface area contributed by atoms with Crippen molar-refractivity contribution in [1.82, 2.24) is 10.0 Å². The van der Waals surface area contributed by atoms with E-state index in [1.54, 1.807) is 0 Å². The van der Waals surface area contributed by atoms with Crippen molar-refractivity contribution in [3.8, 4) is 0 Å². The molecule has 1 aliphatic heterocycles. The lowest BCUT2D eigenvalue weighted by Crippen LogP contribution is -2.38. The highest BCUT2D eigenvalue weighted by Crippen LogP contribution is 2.18. The van der Waals surface area contributed by atoms with Gasteiger partial charge in [0.25, 0.3) is 0 Å². The molecule has 2 N–H and O–H groups in total. The van der Waals surface area contributed by atoms with Crippen LogP contribution in [0.25, 0.3) is 0 Å². The Kier molecular flexibility index (Phi) is 5.75. The highest BCUT2D eigenvalue weighted by Gasteiger charge is 2.26. The number of sulfonamides is 1. The molecule has 6 heteroatoms. The predicted octanol–water partition coefficient (Wildman–Crippen LogP) is 1.25. The Labute approximate surface area is 127 Å². The van der Waals surface area contributed by atoms with Crippen LogP contribution in [0.3, 0.4) is 0 Å². The van der Waals surface area contributed by atoms with Crippen molar-refractivity contribution in [3.63, 3.8) is 0 Å². The van der Waals surface area contributed by atoms with Crippen LogP contribution in [-0.4, -0.2) is 34.7 Å². The SMILES string of the molecule is CNCc1cccc(CS(=O)(=O)NC(C)C2CCOC2)c1. The zero-order chi connectivity index (χ0) is 15.3. The van der Waals surface area contributed by atoms with Gasteiger partial charge in [-0.05, 0) is 31.5 Å². The molecule has 0 saturated carbocycles. The molecule has 1 aromatic carbocycles. The molecule has 1 aliphatic rings. The van der Waals surface area contributed by atoms with Crippen LogP contribution in [0.2, 0.25) is 0 Å². The molecule has 0 amide bonds. The van der Waals surface area contributed by atoms with Gasteiger partial charge in [-0.25, -0.2) is 13.1 Å². The van der Waals surface area contributed by atoms with E-state index in [0.29, 0.717) is 6.61 Å². The highest BCUT2D eigenvalue weighted by molar-refractivity contribution is 7.88. The summed E-state index contributed by atoms with van der Waals surface area (Å²) in [6.07, 6.45) is 0.918. The second-order valence-corrected chi connectivity index (χ2v) is 7.39. The number of benzene rings is 1. The van der Waals surface area contributed by atoms with Crippen molar-refractivity contribution in [2.45, 2.75) is 31.7 Å². The lowest BCUT2D eigenvalue weighted by molar-refractivity contribution is 0.180. The molecule has 1 aromatic rings. The first-order chi connectivity index (χ1) is 10.00. The molecule has 0 radical (unpaired) electrons. The van der Waals surface area contributed by atoms with E-state index in [0.717, 1.165) is 30.7 Å². The van der Waals surface area contributed by atoms with Crippen LogP contribution >= 0.6 is 0 Å². The van der Waals surface area contributed by atoms with Gasteiger partial charge in [0.2, 0.25) is 10.0 Å². The van der Waals surface area contributed by atoms with Crippen LogP contribution in [-0.2, 0) is 27.1 Å². The first-order valence-corrected chi connectivity index (χ1v) is 8.95. The third kappa shape index (κ3) is 5.07. The molecular formula is C15H24N2O3S. The summed E-state index contributed by atoms with van der Waals surface area (Å²) < 4.78 is 32.6. The van der Waals surface area contributed by atoms with Gasteiger partial charge >= 0.3 is 0 Å². The fourth-order valence-corrected chi connectivity index (χ4v) is 4.08. The van der Waals surface area contributed by atoms with Crippen LogP contribution in [0.5, 0.6) is 0 Å². The second kappa shape index (κ2) is 7.35. The summed E-state index contributed by atoms with van der Waals surface area (Å²) in [5, 5.41) is 3.06. The van der Waals surface area contributed by atoms with E-state index in [4.69, 9.17) is 4.74 Å². The van der Waals surface area contributed by atoms with Crippen molar-refractivity contribution in [1.29, 1.82) is 0 Å². The largest absolute Gasteiger partial charge is 0.381 e. The van der Waals surface area contributed by atoms with Gasteiger partial charge in [0, 0.05) is 25.1 Å². The van der Waals surface area contributed by atoms with Gasteiger partial charge in [0.05, 0.1) is 12.4 Å². The van der Waals surface area contributed by atoms with Crippen LogP contribution in [0, 0.1) is 5.92 Å². The van der Waals surface area contributed by atoms with E-state index in [1.165, 1.54) is 0 Å². The molecule has 1 heterocycles. The Morgan fingerprint density at radius 2 is 2.14 bits per heavy atom. The maximum atomic E-state index is 12.3. The van der Waals surface area contributed by atoms with E-state index in [2.05, 4.69) is 10.0 Å². The zero-order valence-electron chi connectivity index (χ0n) is 12.6. The number of rotatable bonds is 7. The Bertz CT molecular complexity index is 554. The number of hydrogen-bond acceptors (Lipinski definition) is 4. The minimum Gasteiger partial charge on any atom is -0.381 e. The van der Waals surface area contributed by atoms with Gasteiger partial charge in [-0.2, -0.15) is 0 Å². The van der Waals surface area contributed by atoms with Crippen molar-refractivity contribution in [3.05, 3.63) is 35.4 Å². The monoisotopic (exact) mass is 312 g/mol. The minimum atomic E-state index is -3.33. The topological polar surface area (TPSA) is 67.4 Å². The molecule has 5 nitrogen and oxygen atoms in total. The van der Waals surface area contributed by atoms with Gasteiger partial charge in [-0.15, -0.1) is 0 Å². The number of nitrogens with one attached hydrogen (secondary N) is 2. The molecule has 2 rings (SSSR count). The van der Waals surface area contributed by atoms with E-state index in [9.17, 15) is 8.42 Å². The Morgan fingerprint density at radius 1 is 1.38 bits per heavy atom. The summed E-state index contributed by atoms with van der Waals surface area (Å²) in [6.45, 7) is 4.01. The van der Waals surface area contributed by atoms with E-state index < -0.39 is 10.0 Å². The molecule has 21 heavy (non-hydrogen) atoms. The fraction of sp³-hybridized carbons (Fsp3) is 0.600. The molecule has 1 fully saturated rings. The van der Waals surface area contributed by atoms with Crippen LogP contribution in [0.4, 0.5) is 0 Å². The van der Waals surface area contributed by atoms with Crippen LogP contribution in [0.15, 0.2) is 24.3 Å². The summed E-state index contributed by atoms with van der Waals surface area (Å²) in [7, 11) is -1.46. The first kappa shape index (κ1) is 16.4. The molecule has 1 saturated heterocycles. The van der Waals surface area contributed by atoms with Crippen molar-refractivity contribution >= 4 is 10.0 Å². The Hall–Kier alpha value is -0.950. The standard InChI is InChI=1S/C15H24N2O3S/c1-12(15-6-7-20-10-15)17-21(18,19)11-14-5-3-4-13(8-14)9-16-2/h3-5,8,12,15-17H,6-7,9-11H2,1-2H3. The van der Waals surface area contributed by atoms with Crippen LogP contribution in [0.1, 0.15) is 24.5 Å². The molecule has 0 aliphatic carbocycles. The first-order valence-electron chi connectivity index (χ1n) is 7.30. The predicted molar refractivity (Wildman–Crippen MR) is 83.4 cm³/mol. The summed E-state index contributed by atoms with van der Waals surface area (Å²) in [5.74, 6) is 0.290.